The van der Waals surface area contributed by atoms with Crippen molar-refractivity contribution in [2.24, 2.45) is 0 Å². The summed E-state index contributed by atoms with van der Waals surface area (Å²) in [5.74, 6) is 0.682. The third kappa shape index (κ3) is 2.40. The van der Waals surface area contributed by atoms with Crippen LogP contribution >= 0.6 is 0 Å². The number of ether oxygens (including phenoxy) is 1. The lowest BCUT2D eigenvalue weighted by atomic mass is 10.2. The van der Waals surface area contributed by atoms with Crippen molar-refractivity contribution >= 4 is 5.69 Å². The number of tetrazole rings is 1. The first-order valence-corrected chi connectivity index (χ1v) is 6.17. The quantitative estimate of drug-likeness (QED) is 0.745. The zero-order valence-electron chi connectivity index (χ0n) is 11.2. The molecule has 1 aromatic heterocycles. The molecule has 21 heavy (non-hydrogen) atoms. The lowest BCUT2D eigenvalue weighted by Gasteiger charge is -2.07. The number of aromatic nitrogens is 4. The molecule has 0 aliphatic rings. The molecule has 0 bridgehead atoms. The predicted molar refractivity (Wildman–Crippen MR) is 75.5 cm³/mol. The van der Waals surface area contributed by atoms with E-state index in [1.807, 2.05) is 18.2 Å². The van der Waals surface area contributed by atoms with Gasteiger partial charge in [-0.3, -0.25) is 0 Å². The van der Waals surface area contributed by atoms with Crippen LogP contribution < -0.4 is 10.5 Å². The summed E-state index contributed by atoms with van der Waals surface area (Å²) in [7, 11) is 1.58. The number of rotatable bonds is 3. The van der Waals surface area contributed by atoms with E-state index in [2.05, 4.69) is 15.5 Å². The second-order valence-corrected chi connectivity index (χ2v) is 4.35. The first-order chi connectivity index (χ1) is 10.2. The van der Waals surface area contributed by atoms with Crippen LogP contribution in [0.2, 0.25) is 0 Å². The zero-order valence-corrected chi connectivity index (χ0v) is 11.2. The molecule has 3 aromatic rings. The smallest absolute Gasteiger partial charge is 0.187 e. The lowest BCUT2D eigenvalue weighted by Crippen LogP contribution is -2.01. The number of hydrogen-bond acceptors (Lipinski definition) is 5. The van der Waals surface area contributed by atoms with Crippen molar-refractivity contribution in [2.45, 2.75) is 0 Å². The zero-order chi connectivity index (χ0) is 14.8. The SMILES string of the molecule is COc1cccc(-n2nnnc2-c2ccc(F)c(N)c2)c1. The molecule has 0 saturated carbocycles. The van der Waals surface area contributed by atoms with Crippen molar-refractivity contribution in [1.82, 2.24) is 20.2 Å². The normalized spacial score (nSPS) is 10.6. The van der Waals surface area contributed by atoms with Crippen molar-refractivity contribution < 1.29 is 9.13 Å². The Morgan fingerprint density at radius 3 is 2.81 bits per heavy atom. The number of methoxy groups -OCH3 is 1. The Labute approximate surface area is 120 Å². The van der Waals surface area contributed by atoms with Gasteiger partial charge in [0.2, 0.25) is 0 Å². The first-order valence-electron chi connectivity index (χ1n) is 6.17. The highest BCUT2D eigenvalue weighted by Gasteiger charge is 2.12. The highest BCUT2D eigenvalue weighted by atomic mass is 19.1. The maximum Gasteiger partial charge on any atom is 0.187 e. The molecule has 0 aliphatic heterocycles. The highest BCUT2D eigenvalue weighted by Crippen LogP contribution is 2.24. The standard InChI is InChI=1S/C14H12FN5O/c1-21-11-4-2-3-10(8-11)20-14(17-18-19-20)9-5-6-12(15)13(16)7-9/h2-8H,16H2,1H3. The molecule has 0 unspecified atom stereocenters. The minimum atomic E-state index is -0.473. The van der Waals surface area contributed by atoms with Crippen LogP contribution in [-0.4, -0.2) is 27.3 Å². The molecule has 3 rings (SSSR count). The van der Waals surface area contributed by atoms with Crippen LogP contribution in [0.5, 0.6) is 5.75 Å². The molecule has 2 aromatic carbocycles. The van der Waals surface area contributed by atoms with E-state index in [0.717, 1.165) is 5.69 Å². The number of halogens is 1. The topological polar surface area (TPSA) is 78.8 Å². The van der Waals surface area contributed by atoms with Crippen LogP contribution in [0.3, 0.4) is 0 Å². The van der Waals surface area contributed by atoms with Crippen molar-refractivity contribution in [3.05, 3.63) is 48.3 Å². The summed E-state index contributed by atoms with van der Waals surface area (Å²) in [6.07, 6.45) is 0. The molecule has 0 aliphatic carbocycles. The highest BCUT2D eigenvalue weighted by molar-refractivity contribution is 5.63. The van der Waals surface area contributed by atoms with Crippen molar-refractivity contribution in [2.75, 3.05) is 12.8 Å². The molecule has 2 N–H and O–H groups in total. The maximum absolute atomic E-state index is 13.3. The molecule has 0 spiro atoms. The van der Waals surface area contributed by atoms with Crippen LogP contribution in [0.1, 0.15) is 0 Å². The van der Waals surface area contributed by atoms with Crippen molar-refractivity contribution in [3.63, 3.8) is 0 Å². The van der Waals surface area contributed by atoms with Gasteiger partial charge in [-0.1, -0.05) is 6.07 Å². The maximum atomic E-state index is 13.3. The van der Waals surface area contributed by atoms with E-state index >= 15 is 0 Å². The van der Waals surface area contributed by atoms with Crippen LogP contribution in [0.15, 0.2) is 42.5 Å². The third-order valence-corrected chi connectivity index (χ3v) is 3.02. The van der Waals surface area contributed by atoms with Gasteiger partial charge in [0.15, 0.2) is 5.82 Å². The molecule has 106 valence electrons. The van der Waals surface area contributed by atoms with E-state index in [9.17, 15) is 4.39 Å². The first kappa shape index (κ1) is 13.0. The summed E-state index contributed by atoms with van der Waals surface area (Å²) >= 11 is 0. The van der Waals surface area contributed by atoms with Gasteiger partial charge in [0.1, 0.15) is 11.6 Å². The van der Waals surface area contributed by atoms with E-state index in [1.54, 1.807) is 19.2 Å². The number of nitrogens with two attached hydrogens (primary N) is 1. The van der Waals surface area contributed by atoms with E-state index in [-0.39, 0.29) is 5.69 Å². The summed E-state index contributed by atoms with van der Waals surface area (Å²) in [5.41, 5.74) is 7.00. The number of benzene rings is 2. The molecule has 0 radical (unpaired) electrons. The van der Waals surface area contributed by atoms with Crippen LogP contribution in [0.4, 0.5) is 10.1 Å². The second-order valence-electron chi connectivity index (χ2n) is 4.35. The van der Waals surface area contributed by atoms with Gasteiger partial charge in [0.05, 0.1) is 18.5 Å². The average molecular weight is 285 g/mol. The molecule has 7 heteroatoms. The van der Waals surface area contributed by atoms with E-state index in [4.69, 9.17) is 10.5 Å². The molecule has 0 saturated heterocycles. The van der Waals surface area contributed by atoms with Crippen LogP contribution in [0, 0.1) is 5.82 Å². The summed E-state index contributed by atoms with van der Waals surface area (Å²) in [4.78, 5) is 0. The fourth-order valence-electron chi connectivity index (χ4n) is 1.97. The van der Waals surface area contributed by atoms with Gasteiger partial charge in [-0.25, -0.2) is 4.39 Å². The van der Waals surface area contributed by atoms with Gasteiger partial charge in [0, 0.05) is 11.6 Å². The van der Waals surface area contributed by atoms with E-state index < -0.39 is 5.82 Å². The Morgan fingerprint density at radius 2 is 2.05 bits per heavy atom. The third-order valence-electron chi connectivity index (χ3n) is 3.02. The number of anilines is 1. The van der Waals surface area contributed by atoms with Gasteiger partial charge >= 0.3 is 0 Å². The number of nitrogen functional groups attached to an aromatic ring is 1. The van der Waals surface area contributed by atoms with Crippen LogP contribution in [-0.2, 0) is 0 Å². The van der Waals surface area contributed by atoms with E-state index in [0.29, 0.717) is 17.1 Å². The van der Waals surface area contributed by atoms with Gasteiger partial charge in [-0.05, 0) is 40.8 Å². The van der Waals surface area contributed by atoms with Gasteiger partial charge in [-0.15, -0.1) is 5.10 Å². The Morgan fingerprint density at radius 1 is 1.19 bits per heavy atom. The monoisotopic (exact) mass is 285 g/mol. The lowest BCUT2D eigenvalue weighted by molar-refractivity contribution is 0.414. The molecular weight excluding hydrogens is 273 g/mol. The molecule has 0 fully saturated rings. The Balaban J connectivity index is 2.09. The fraction of sp³-hybridized carbons (Fsp3) is 0.0714. The van der Waals surface area contributed by atoms with Crippen molar-refractivity contribution in [3.8, 4) is 22.8 Å². The minimum Gasteiger partial charge on any atom is -0.497 e. The molecule has 0 atom stereocenters. The predicted octanol–water partition coefficient (Wildman–Crippen LogP) is 2.06. The summed E-state index contributed by atoms with van der Waals surface area (Å²) < 4.78 is 20.0. The average Bonchev–Trinajstić information content (AvgIpc) is 2.99. The van der Waals surface area contributed by atoms with Gasteiger partial charge in [0.25, 0.3) is 0 Å². The van der Waals surface area contributed by atoms with Gasteiger partial charge < -0.3 is 10.5 Å². The van der Waals surface area contributed by atoms with E-state index in [1.165, 1.54) is 16.8 Å². The van der Waals surface area contributed by atoms with Gasteiger partial charge in [-0.2, -0.15) is 4.68 Å². The Hall–Kier alpha value is -2.96. The Bertz CT molecular complexity index is 787. The molecular formula is C14H12FN5O. The molecule has 0 amide bonds. The van der Waals surface area contributed by atoms with Crippen molar-refractivity contribution in [1.29, 1.82) is 0 Å². The number of nitrogens with zero attached hydrogens (tertiary/aromatic N) is 4. The van der Waals surface area contributed by atoms with Crippen LogP contribution in [0.25, 0.3) is 17.1 Å². The fourth-order valence-corrected chi connectivity index (χ4v) is 1.97. The molecule has 1 heterocycles. The summed E-state index contributed by atoms with van der Waals surface area (Å²) in [6, 6.07) is 11.7. The summed E-state index contributed by atoms with van der Waals surface area (Å²) in [6.45, 7) is 0. The summed E-state index contributed by atoms with van der Waals surface area (Å²) in [5, 5.41) is 11.6. The largest absolute Gasteiger partial charge is 0.497 e. The second kappa shape index (κ2) is 5.20. The molecule has 6 nitrogen and oxygen atoms in total. The number of hydrogen-bond donors (Lipinski definition) is 1. The minimum absolute atomic E-state index is 0.0488. The Kier molecular flexibility index (Phi) is 3.23.